The van der Waals surface area contributed by atoms with Crippen LogP contribution in [0.5, 0.6) is 0 Å². The Morgan fingerprint density at radius 3 is 1.44 bits per heavy atom. The zero-order valence-electron chi connectivity index (χ0n) is 34.1. The van der Waals surface area contributed by atoms with E-state index in [2.05, 4.69) is 206 Å². The Morgan fingerprint density at radius 1 is 0.270 bits per heavy atom. The Hall–Kier alpha value is -8.47. The molecule has 294 valence electrons. The lowest BCUT2D eigenvalue weighted by Gasteiger charge is -2.11. The van der Waals surface area contributed by atoms with Crippen molar-refractivity contribution in [3.63, 3.8) is 0 Å². The smallest absolute Gasteiger partial charge is 0.164 e. The number of rotatable bonds is 7. The molecule has 0 spiro atoms. The molecule has 0 aliphatic heterocycles. The molecule has 10 aromatic carbocycles. The average molecular weight is 804 g/mol. The standard InChI is InChI=1S/C59H37N3O/c1-2-13-38(14-3-1)39-29-35-44(36-30-39)57-60-58(46-20-8-19-45(37-46)50-24-10-18-41-16-5-7-22-48(41)50)62-59(61-57)53-27-12-28-54-55(53)52-26-11-25-51(56(52)63-54)43-33-31-42(32-34-43)49-23-9-17-40-15-4-6-21-47(40)49/h1-37H. The van der Waals surface area contributed by atoms with Crippen molar-refractivity contribution in [3.05, 3.63) is 224 Å². The van der Waals surface area contributed by atoms with Gasteiger partial charge in [-0.1, -0.05) is 212 Å². The van der Waals surface area contributed by atoms with Gasteiger partial charge in [0, 0.05) is 33.0 Å². The van der Waals surface area contributed by atoms with Crippen molar-refractivity contribution in [1.82, 2.24) is 15.0 Å². The van der Waals surface area contributed by atoms with E-state index in [9.17, 15) is 0 Å². The molecule has 4 nitrogen and oxygen atoms in total. The van der Waals surface area contributed by atoms with Crippen LogP contribution in [-0.2, 0) is 0 Å². The monoisotopic (exact) mass is 803 g/mol. The third-order valence-electron chi connectivity index (χ3n) is 12.2. The second-order valence-electron chi connectivity index (χ2n) is 15.9. The second-order valence-corrected chi connectivity index (χ2v) is 15.9. The normalized spacial score (nSPS) is 11.5. The zero-order chi connectivity index (χ0) is 41.7. The van der Waals surface area contributed by atoms with Gasteiger partial charge in [0.2, 0.25) is 0 Å². The summed E-state index contributed by atoms with van der Waals surface area (Å²) in [4.78, 5) is 15.7. The SMILES string of the molecule is c1ccc(-c2ccc(-c3nc(-c4cccc(-c5cccc6ccccc56)c4)nc(-c4cccc5oc6c(-c7ccc(-c8cccc9ccccc89)cc7)cccc6c45)n3)cc2)cc1. The fourth-order valence-corrected chi connectivity index (χ4v) is 9.07. The molecule has 63 heavy (non-hydrogen) atoms. The minimum absolute atomic E-state index is 0.579. The number of hydrogen-bond acceptors (Lipinski definition) is 4. The summed E-state index contributed by atoms with van der Waals surface area (Å²) >= 11 is 0. The molecule has 2 heterocycles. The predicted octanol–water partition coefficient (Wildman–Crippen LogP) is 15.7. The van der Waals surface area contributed by atoms with E-state index < -0.39 is 0 Å². The molecule has 4 heteroatoms. The van der Waals surface area contributed by atoms with Gasteiger partial charge in [0.25, 0.3) is 0 Å². The average Bonchev–Trinajstić information content (AvgIpc) is 3.76. The van der Waals surface area contributed by atoms with Crippen molar-refractivity contribution >= 4 is 43.5 Å². The van der Waals surface area contributed by atoms with Crippen LogP contribution >= 0.6 is 0 Å². The highest BCUT2D eigenvalue weighted by Crippen LogP contribution is 2.41. The van der Waals surface area contributed by atoms with Crippen LogP contribution in [0, 0.1) is 0 Å². The van der Waals surface area contributed by atoms with Crippen LogP contribution in [0.3, 0.4) is 0 Å². The van der Waals surface area contributed by atoms with Crippen molar-refractivity contribution in [2.45, 2.75) is 0 Å². The minimum Gasteiger partial charge on any atom is -0.455 e. The number of hydrogen-bond donors (Lipinski definition) is 0. The van der Waals surface area contributed by atoms with Gasteiger partial charge >= 0.3 is 0 Å². The van der Waals surface area contributed by atoms with Crippen LogP contribution in [-0.4, -0.2) is 15.0 Å². The van der Waals surface area contributed by atoms with E-state index in [0.29, 0.717) is 17.5 Å². The topological polar surface area (TPSA) is 51.8 Å². The Balaban J connectivity index is 0.996. The zero-order valence-corrected chi connectivity index (χ0v) is 34.1. The predicted molar refractivity (Wildman–Crippen MR) is 260 cm³/mol. The van der Waals surface area contributed by atoms with Crippen molar-refractivity contribution in [1.29, 1.82) is 0 Å². The van der Waals surface area contributed by atoms with Gasteiger partial charge in [0.05, 0.1) is 0 Å². The fraction of sp³-hybridized carbons (Fsp3) is 0. The molecule has 0 aliphatic rings. The Labute approximate surface area is 364 Å². The molecule has 0 N–H and O–H groups in total. The molecule has 0 atom stereocenters. The molecule has 0 saturated heterocycles. The van der Waals surface area contributed by atoms with E-state index in [1.807, 2.05) is 18.2 Å². The van der Waals surface area contributed by atoms with Crippen LogP contribution in [0.4, 0.5) is 0 Å². The lowest BCUT2D eigenvalue weighted by molar-refractivity contribution is 0.670. The van der Waals surface area contributed by atoms with E-state index in [4.69, 9.17) is 19.4 Å². The molecule has 0 saturated carbocycles. The van der Waals surface area contributed by atoms with Gasteiger partial charge < -0.3 is 4.42 Å². The van der Waals surface area contributed by atoms with E-state index >= 15 is 0 Å². The number of nitrogens with zero attached hydrogens (tertiary/aromatic N) is 3. The molecule has 0 fully saturated rings. The molecule has 0 unspecified atom stereocenters. The first-order chi connectivity index (χ1) is 31.2. The number of fused-ring (bicyclic) bond motifs is 5. The molecule has 2 aromatic heterocycles. The first-order valence-electron chi connectivity index (χ1n) is 21.3. The molecule has 0 bridgehead atoms. The summed E-state index contributed by atoms with van der Waals surface area (Å²) < 4.78 is 6.79. The summed E-state index contributed by atoms with van der Waals surface area (Å²) in [6.45, 7) is 0. The molecule has 12 aromatic rings. The minimum atomic E-state index is 0.579. The van der Waals surface area contributed by atoms with E-state index in [1.54, 1.807) is 0 Å². The molecule has 0 aliphatic carbocycles. The maximum Gasteiger partial charge on any atom is 0.164 e. The fourth-order valence-electron chi connectivity index (χ4n) is 9.07. The second kappa shape index (κ2) is 15.2. The maximum absolute atomic E-state index is 6.79. The van der Waals surface area contributed by atoms with E-state index in [0.717, 1.165) is 72.0 Å². The number of aromatic nitrogens is 3. The van der Waals surface area contributed by atoms with Gasteiger partial charge in [-0.2, -0.15) is 0 Å². The van der Waals surface area contributed by atoms with Crippen LogP contribution in [0.15, 0.2) is 229 Å². The highest BCUT2D eigenvalue weighted by Gasteiger charge is 2.20. The van der Waals surface area contributed by atoms with Gasteiger partial charge in [-0.05, 0) is 72.6 Å². The number of furan rings is 1. The molecule has 12 rings (SSSR count). The Morgan fingerprint density at radius 2 is 0.714 bits per heavy atom. The first-order valence-corrected chi connectivity index (χ1v) is 21.3. The third-order valence-corrected chi connectivity index (χ3v) is 12.2. The first kappa shape index (κ1) is 36.4. The van der Waals surface area contributed by atoms with Crippen molar-refractivity contribution in [2.24, 2.45) is 0 Å². The Kier molecular flexibility index (Phi) is 8.79. The number of benzene rings is 10. The van der Waals surface area contributed by atoms with Gasteiger partial charge in [-0.3, -0.25) is 0 Å². The van der Waals surface area contributed by atoms with Gasteiger partial charge in [-0.25, -0.2) is 15.0 Å². The van der Waals surface area contributed by atoms with Crippen LogP contribution in [0.1, 0.15) is 0 Å². The van der Waals surface area contributed by atoms with E-state index in [-0.39, 0.29) is 0 Å². The van der Waals surface area contributed by atoms with E-state index in [1.165, 1.54) is 32.7 Å². The van der Waals surface area contributed by atoms with Crippen LogP contribution in [0.25, 0.3) is 122 Å². The summed E-state index contributed by atoms with van der Waals surface area (Å²) in [6.07, 6.45) is 0. The molecular formula is C59H37N3O. The number of para-hydroxylation sites is 1. The Bertz CT molecular complexity index is 3660. The summed E-state index contributed by atoms with van der Waals surface area (Å²) in [6, 6.07) is 78.7. The van der Waals surface area contributed by atoms with Crippen LogP contribution in [0.2, 0.25) is 0 Å². The van der Waals surface area contributed by atoms with Crippen molar-refractivity contribution in [2.75, 3.05) is 0 Å². The summed E-state index contributed by atoms with van der Waals surface area (Å²) in [7, 11) is 0. The summed E-state index contributed by atoms with van der Waals surface area (Å²) in [5.41, 5.74) is 13.3. The van der Waals surface area contributed by atoms with Gasteiger partial charge in [0.1, 0.15) is 11.2 Å². The lowest BCUT2D eigenvalue weighted by Crippen LogP contribution is -2.00. The molecule has 0 amide bonds. The van der Waals surface area contributed by atoms with Crippen LogP contribution < -0.4 is 0 Å². The summed E-state index contributed by atoms with van der Waals surface area (Å²) in [5.74, 6) is 1.78. The van der Waals surface area contributed by atoms with Crippen molar-refractivity contribution in [3.8, 4) is 78.7 Å². The van der Waals surface area contributed by atoms with Gasteiger partial charge in [0.15, 0.2) is 17.5 Å². The van der Waals surface area contributed by atoms with Gasteiger partial charge in [-0.15, -0.1) is 0 Å². The third kappa shape index (κ3) is 6.53. The molecule has 0 radical (unpaired) electrons. The quantitative estimate of drug-likeness (QED) is 0.161. The maximum atomic E-state index is 6.79. The highest BCUT2D eigenvalue weighted by atomic mass is 16.3. The lowest BCUT2D eigenvalue weighted by atomic mass is 9.95. The molecular weight excluding hydrogens is 767 g/mol. The highest BCUT2D eigenvalue weighted by molar-refractivity contribution is 6.15. The van der Waals surface area contributed by atoms with Crippen molar-refractivity contribution < 1.29 is 4.42 Å². The summed E-state index contributed by atoms with van der Waals surface area (Å²) in [5, 5.41) is 6.84. The largest absolute Gasteiger partial charge is 0.455 e.